The van der Waals surface area contributed by atoms with Gasteiger partial charge in [0.2, 0.25) is 5.91 Å². The van der Waals surface area contributed by atoms with Crippen molar-refractivity contribution in [1.29, 1.82) is 0 Å². The summed E-state index contributed by atoms with van der Waals surface area (Å²) in [5, 5.41) is 15.0. The van der Waals surface area contributed by atoms with E-state index in [1.165, 1.54) is 12.8 Å². The Morgan fingerprint density at radius 1 is 1.25 bits per heavy atom. The normalized spacial score (nSPS) is 30.3. The van der Waals surface area contributed by atoms with Gasteiger partial charge in [-0.3, -0.25) is 9.59 Å². The minimum Gasteiger partial charge on any atom is -0.481 e. The Labute approximate surface area is 119 Å². The zero-order valence-corrected chi connectivity index (χ0v) is 11.8. The van der Waals surface area contributed by atoms with Gasteiger partial charge in [0.25, 0.3) is 7.48 Å². The first-order chi connectivity index (χ1) is 9.63. The van der Waals surface area contributed by atoms with Crippen LogP contribution in [-0.4, -0.2) is 49.1 Å². The van der Waals surface area contributed by atoms with E-state index in [1.54, 1.807) is 0 Å². The summed E-state index contributed by atoms with van der Waals surface area (Å²) in [6.07, 6.45) is 5.30. The molecule has 0 unspecified atom stereocenters. The summed E-state index contributed by atoms with van der Waals surface area (Å²) in [6, 6.07) is 0.299. The number of piperidine rings is 1. The van der Waals surface area contributed by atoms with Gasteiger partial charge >= 0.3 is 5.97 Å². The second kappa shape index (κ2) is 7.64. The van der Waals surface area contributed by atoms with Gasteiger partial charge in [-0.15, -0.1) is 0 Å². The average molecular weight is 282 g/mol. The molecule has 3 N–H and O–H groups in total. The van der Waals surface area contributed by atoms with Crippen molar-refractivity contribution in [3.63, 3.8) is 0 Å². The maximum absolute atomic E-state index is 11.9. The number of amides is 1. The van der Waals surface area contributed by atoms with E-state index in [9.17, 15) is 9.59 Å². The van der Waals surface area contributed by atoms with E-state index in [1.807, 2.05) is 0 Å². The second-order valence-electron chi connectivity index (χ2n) is 5.75. The van der Waals surface area contributed by atoms with Crippen molar-refractivity contribution in [3.8, 4) is 0 Å². The molecule has 0 saturated carbocycles. The Kier molecular flexibility index (Phi) is 5.85. The number of carbonyl (C=O) groups is 2. The first-order valence-corrected chi connectivity index (χ1v) is 7.49. The van der Waals surface area contributed by atoms with Gasteiger partial charge in [-0.05, 0) is 32.2 Å². The number of carboxylic acid groups (broad SMARTS) is 1. The third kappa shape index (κ3) is 5.13. The number of carbonyl (C=O) groups excluding carboxylic acids is 1. The molecule has 7 heteroatoms. The van der Waals surface area contributed by atoms with Crippen LogP contribution in [0, 0.1) is 0 Å². The van der Waals surface area contributed by atoms with Crippen molar-refractivity contribution >= 4 is 19.4 Å². The molecule has 2 heterocycles. The van der Waals surface area contributed by atoms with E-state index >= 15 is 0 Å². The monoisotopic (exact) mass is 282 g/mol. The Bertz CT molecular complexity index is 339. The third-order valence-corrected chi connectivity index (χ3v) is 3.98. The van der Waals surface area contributed by atoms with Crippen LogP contribution < -0.4 is 10.6 Å². The fourth-order valence-corrected chi connectivity index (χ4v) is 2.88. The van der Waals surface area contributed by atoms with E-state index in [-0.39, 0.29) is 24.4 Å². The van der Waals surface area contributed by atoms with Crippen LogP contribution in [0.25, 0.3) is 0 Å². The average Bonchev–Trinajstić information content (AvgIpc) is 2.41. The molecule has 0 aromatic rings. The predicted octanol–water partition coefficient (Wildman–Crippen LogP) is -0.0339. The summed E-state index contributed by atoms with van der Waals surface area (Å²) < 4.78 is 5.48. The first kappa shape index (κ1) is 15.3. The van der Waals surface area contributed by atoms with Gasteiger partial charge in [0.15, 0.2) is 0 Å². The number of hydrogen-bond acceptors (Lipinski definition) is 4. The van der Waals surface area contributed by atoms with Crippen molar-refractivity contribution in [2.24, 2.45) is 0 Å². The van der Waals surface area contributed by atoms with Crippen molar-refractivity contribution in [3.05, 3.63) is 0 Å². The molecular formula is C13H23BN2O4. The van der Waals surface area contributed by atoms with Gasteiger partial charge in [-0.25, -0.2) is 0 Å². The molecule has 1 amide bonds. The molecule has 2 fully saturated rings. The molecule has 2 aliphatic heterocycles. The Morgan fingerprint density at radius 3 is 2.70 bits per heavy atom. The van der Waals surface area contributed by atoms with Gasteiger partial charge < -0.3 is 20.4 Å². The summed E-state index contributed by atoms with van der Waals surface area (Å²) in [5.41, 5.74) is 0. The molecule has 2 aliphatic rings. The minimum atomic E-state index is -0.833. The molecule has 0 aromatic carbocycles. The predicted molar refractivity (Wildman–Crippen MR) is 75.7 cm³/mol. The van der Waals surface area contributed by atoms with Crippen LogP contribution in [0.15, 0.2) is 0 Å². The zero-order valence-electron chi connectivity index (χ0n) is 11.8. The summed E-state index contributed by atoms with van der Waals surface area (Å²) >= 11 is 0. The molecule has 0 bridgehead atoms. The maximum Gasteiger partial charge on any atom is 0.305 e. The van der Waals surface area contributed by atoms with E-state index in [0.717, 1.165) is 19.4 Å². The van der Waals surface area contributed by atoms with Crippen LogP contribution in [0.2, 0.25) is 0 Å². The molecule has 6 nitrogen and oxygen atoms in total. The van der Waals surface area contributed by atoms with Crippen molar-refractivity contribution in [2.75, 3.05) is 6.54 Å². The lowest BCUT2D eigenvalue weighted by molar-refractivity contribution is -0.139. The van der Waals surface area contributed by atoms with E-state index in [2.05, 4.69) is 10.6 Å². The fraction of sp³-hybridized carbons (Fsp3) is 0.846. The molecule has 0 spiro atoms. The van der Waals surface area contributed by atoms with Gasteiger partial charge in [0.1, 0.15) is 0 Å². The number of aliphatic carboxylic acids is 1. The Balaban J connectivity index is 1.64. The maximum atomic E-state index is 11.9. The van der Waals surface area contributed by atoms with Gasteiger partial charge in [-0.2, -0.15) is 0 Å². The van der Waals surface area contributed by atoms with Crippen LogP contribution in [0.5, 0.6) is 0 Å². The number of nitrogens with one attached hydrogen (secondary N) is 2. The molecular weight excluding hydrogens is 259 g/mol. The molecule has 0 radical (unpaired) electrons. The number of rotatable bonds is 5. The molecule has 2 rings (SSSR count). The minimum absolute atomic E-state index is 0.0242. The summed E-state index contributed by atoms with van der Waals surface area (Å²) in [6.45, 7) is 1.00. The fourth-order valence-electron chi connectivity index (χ4n) is 2.88. The highest BCUT2D eigenvalue weighted by Gasteiger charge is 2.26. The van der Waals surface area contributed by atoms with Crippen LogP contribution in [0.1, 0.15) is 44.9 Å². The lowest BCUT2D eigenvalue weighted by Gasteiger charge is -2.29. The lowest BCUT2D eigenvalue weighted by atomic mass is 9.79. The van der Waals surface area contributed by atoms with Gasteiger partial charge in [0, 0.05) is 18.4 Å². The molecule has 3 atom stereocenters. The van der Waals surface area contributed by atoms with E-state index in [0.29, 0.717) is 26.4 Å². The van der Waals surface area contributed by atoms with Crippen molar-refractivity contribution in [1.82, 2.24) is 10.6 Å². The first-order valence-electron chi connectivity index (χ1n) is 7.49. The largest absolute Gasteiger partial charge is 0.481 e. The molecule has 0 aliphatic carbocycles. The van der Waals surface area contributed by atoms with Crippen LogP contribution in [0.3, 0.4) is 0 Å². The lowest BCUT2D eigenvalue weighted by Crippen LogP contribution is -2.47. The number of hydrogen-bond donors (Lipinski definition) is 3. The van der Waals surface area contributed by atoms with E-state index in [4.69, 9.17) is 9.76 Å². The molecule has 20 heavy (non-hydrogen) atoms. The smallest absolute Gasteiger partial charge is 0.305 e. The highest BCUT2D eigenvalue weighted by Crippen LogP contribution is 2.16. The van der Waals surface area contributed by atoms with Crippen LogP contribution in [0.4, 0.5) is 0 Å². The third-order valence-electron chi connectivity index (χ3n) is 3.98. The topological polar surface area (TPSA) is 87.7 Å². The Hall–Kier alpha value is -1.08. The highest BCUT2D eigenvalue weighted by molar-refractivity contribution is 6.30. The van der Waals surface area contributed by atoms with Gasteiger partial charge in [-0.1, -0.05) is 6.42 Å². The van der Waals surface area contributed by atoms with Crippen LogP contribution >= 0.6 is 0 Å². The Morgan fingerprint density at radius 2 is 2.10 bits per heavy atom. The molecule has 2 saturated heterocycles. The van der Waals surface area contributed by atoms with E-state index < -0.39 is 5.97 Å². The SMILES string of the molecule is O=C(O)C[C@@H]1CC[C@H](NC(=O)C[C@H]2CCCCN2)BO1. The highest BCUT2D eigenvalue weighted by atomic mass is 16.4. The number of carboxylic acids is 1. The molecule has 0 aromatic heterocycles. The summed E-state index contributed by atoms with van der Waals surface area (Å²) in [4.78, 5) is 22.5. The quantitative estimate of drug-likeness (QED) is 0.616. The molecule has 112 valence electrons. The summed E-state index contributed by atoms with van der Waals surface area (Å²) in [5.74, 6) is -0.744. The van der Waals surface area contributed by atoms with Crippen molar-refractivity contribution < 1.29 is 19.3 Å². The second-order valence-corrected chi connectivity index (χ2v) is 5.75. The van der Waals surface area contributed by atoms with Crippen molar-refractivity contribution in [2.45, 2.75) is 63.0 Å². The standard InChI is InChI=1S/C13H23BN2O4/c17-12(7-9-3-1-2-6-15-9)16-11-5-4-10(20-14-11)8-13(18)19/h9-11,14-15H,1-8H2,(H,16,17)(H,18,19)/t9-,10+,11+/m1/s1. The zero-order chi connectivity index (χ0) is 14.4. The summed E-state index contributed by atoms with van der Waals surface area (Å²) in [7, 11) is 0.418. The van der Waals surface area contributed by atoms with Crippen LogP contribution in [-0.2, 0) is 14.2 Å². The van der Waals surface area contributed by atoms with Gasteiger partial charge in [0.05, 0.1) is 12.5 Å².